The molecule has 4 rings (SSSR count). The second-order valence-electron chi connectivity index (χ2n) is 8.39. The van der Waals surface area contributed by atoms with Crippen molar-refractivity contribution in [3.05, 3.63) is 101 Å². The van der Waals surface area contributed by atoms with Gasteiger partial charge in [0.2, 0.25) is 5.91 Å². The molecule has 3 N–H and O–H groups in total. The molecule has 8 nitrogen and oxygen atoms in total. The Labute approximate surface area is 205 Å². The van der Waals surface area contributed by atoms with Crippen molar-refractivity contribution in [2.24, 2.45) is 0 Å². The van der Waals surface area contributed by atoms with Crippen LogP contribution in [0.4, 0.5) is 19.3 Å². The average Bonchev–Trinajstić information content (AvgIpc) is 3.07. The van der Waals surface area contributed by atoms with Gasteiger partial charge in [0, 0.05) is 17.8 Å². The molecule has 1 aliphatic heterocycles. The summed E-state index contributed by atoms with van der Waals surface area (Å²) in [6, 6.07) is 16.4. The summed E-state index contributed by atoms with van der Waals surface area (Å²) in [7, 11) is 0. The lowest BCUT2D eigenvalue weighted by Crippen LogP contribution is -2.43. The van der Waals surface area contributed by atoms with Crippen molar-refractivity contribution >= 4 is 29.4 Å². The molecule has 1 fully saturated rings. The van der Waals surface area contributed by atoms with Crippen LogP contribution in [0.5, 0.6) is 0 Å². The van der Waals surface area contributed by atoms with E-state index in [4.69, 9.17) is 0 Å². The van der Waals surface area contributed by atoms with Crippen LogP contribution < -0.4 is 16.0 Å². The summed E-state index contributed by atoms with van der Waals surface area (Å²) in [5.41, 5.74) is 0.227. The SMILES string of the molecule is CC1(c2ccc(F)cc2)NC(=O)N(CC(=O)NCc2cccc(NC(=O)c3cccc(F)c3)c2)C1=O. The molecular formula is C26H22F2N4O4. The molecule has 184 valence electrons. The van der Waals surface area contributed by atoms with Crippen LogP contribution in [0.1, 0.15) is 28.4 Å². The molecule has 5 amide bonds. The smallest absolute Gasteiger partial charge is 0.325 e. The van der Waals surface area contributed by atoms with Gasteiger partial charge in [-0.3, -0.25) is 19.3 Å². The largest absolute Gasteiger partial charge is 0.350 e. The summed E-state index contributed by atoms with van der Waals surface area (Å²) in [4.78, 5) is 51.0. The fourth-order valence-electron chi connectivity index (χ4n) is 3.81. The Kier molecular flexibility index (Phi) is 6.77. The number of hydrogen-bond donors (Lipinski definition) is 3. The third-order valence-corrected chi connectivity index (χ3v) is 5.76. The average molecular weight is 492 g/mol. The number of urea groups is 1. The van der Waals surface area contributed by atoms with Gasteiger partial charge in [-0.2, -0.15) is 0 Å². The molecule has 1 atom stereocenters. The number of nitrogens with zero attached hydrogens (tertiary/aromatic N) is 1. The Morgan fingerprint density at radius 1 is 0.944 bits per heavy atom. The fourth-order valence-corrected chi connectivity index (χ4v) is 3.81. The van der Waals surface area contributed by atoms with E-state index in [2.05, 4.69) is 16.0 Å². The lowest BCUT2D eigenvalue weighted by Gasteiger charge is -2.22. The van der Waals surface area contributed by atoms with Crippen molar-refractivity contribution in [1.82, 2.24) is 15.5 Å². The van der Waals surface area contributed by atoms with Gasteiger partial charge in [-0.25, -0.2) is 13.6 Å². The van der Waals surface area contributed by atoms with Gasteiger partial charge >= 0.3 is 6.03 Å². The van der Waals surface area contributed by atoms with Crippen LogP contribution >= 0.6 is 0 Å². The number of imide groups is 1. The van der Waals surface area contributed by atoms with Gasteiger partial charge in [0.1, 0.15) is 23.7 Å². The highest BCUT2D eigenvalue weighted by Crippen LogP contribution is 2.28. The topological polar surface area (TPSA) is 108 Å². The molecule has 1 saturated heterocycles. The summed E-state index contributed by atoms with van der Waals surface area (Å²) in [6.45, 7) is 1.06. The Balaban J connectivity index is 1.35. The number of amides is 5. The predicted molar refractivity (Wildman–Crippen MR) is 127 cm³/mol. The van der Waals surface area contributed by atoms with Crippen LogP contribution in [0, 0.1) is 11.6 Å². The Morgan fingerprint density at radius 3 is 2.39 bits per heavy atom. The number of anilines is 1. The molecule has 1 unspecified atom stereocenters. The van der Waals surface area contributed by atoms with E-state index in [1.165, 1.54) is 49.4 Å². The van der Waals surface area contributed by atoms with Crippen molar-refractivity contribution in [3.63, 3.8) is 0 Å². The summed E-state index contributed by atoms with van der Waals surface area (Å²) >= 11 is 0. The van der Waals surface area contributed by atoms with Crippen molar-refractivity contribution in [1.29, 1.82) is 0 Å². The zero-order valence-corrected chi connectivity index (χ0v) is 19.2. The predicted octanol–water partition coefficient (Wildman–Crippen LogP) is 3.30. The zero-order chi connectivity index (χ0) is 25.9. The number of carbonyl (C=O) groups is 4. The number of hydrogen-bond acceptors (Lipinski definition) is 4. The maximum atomic E-state index is 13.4. The highest BCUT2D eigenvalue weighted by molar-refractivity contribution is 6.09. The van der Waals surface area contributed by atoms with Crippen molar-refractivity contribution in [3.8, 4) is 0 Å². The Hall–Kier alpha value is -4.60. The van der Waals surface area contributed by atoms with Crippen LogP contribution in [-0.4, -0.2) is 35.2 Å². The summed E-state index contributed by atoms with van der Waals surface area (Å²) < 4.78 is 26.6. The molecular weight excluding hydrogens is 470 g/mol. The van der Waals surface area contributed by atoms with E-state index in [1.807, 2.05) is 0 Å². The Morgan fingerprint density at radius 2 is 1.67 bits per heavy atom. The van der Waals surface area contributed by atoms with E-state index in [0.29, 0.717) is 16.8 Å². The summed E-state index contributed by atoms with van der Waals surface area (Å²) in [5, 5.41) is 7.86. The first-order valence-electron chi connectivity index (χ1n) is 11.0. The standard InChI is InChI=1S/C26H22F2N4O4/c1-26(18-8-10-19(27)11-9-18)24(35)32(25(36)31-26)15-22(33)29-14-16-4-2-7-21(12-16)30-23(34)17-5-3-6-20(28)13-17/h2-13H,14-15H2,1H3,(H,29,33)(H,30,34)(H,31,36). The molecule has 0 saturated carbocycles. The van der Waals surface area contributed by atoms with Gasteiger partial charge in [-0.1, -0.05) is 30.3 Å². The minimum Gasteiger partial charge on any atom is -0.350 e. The third kappa shape index (κ3) is 5.22. The first-order valence-corrected chi connectivity index (χ1v) is 11.0. The molecule has 0 aromatic heterocycles. The maximum absolute atomic E-state index is 13.4. The molecule has 3 aromatic rings. The quantitative estimate of drug-likeness (QED) is 0.440. The minimum absolute atomic E-state index is 0.0708. The van der Waals surface area contributed by atoms with Crippen molar-refractivity contribution in [2.45, 2.75) is 19.0 Å². The van der Waals surface area contributed by atoms with Gasteiger partial charge in [0.25, 0.3) is 11.8 Å². The molecule has 0 spiro atoms. The van der Waals surface area contributed by atoms with Crippen LogP contribution in [-0.2, 0) is 21.7 Å². The molecule has 0 radical (unpaired) electrons. The maximum Gasteiger partial charge on any atom is 0.325 e. The molecule has 36 heavy (non-hydrogen) atoms. The van der Waals surface area contributed by atoms with Crippen LogP contribution in [0.2, 0.25) is 0 Å². The van der Waals surface area contributed by atoms with Gasteiger partial charge < -0.3 is 16.0 Å². The second-order valence-corrected chi connectivity index (χ2v) is 8.39. The summed E-state index contributed by atoms with van der Waals surface area (Å²) in [6.07, 6.45) is 0. The van der Waals surface area contributed by atoms with E-state index in [-0.39, 0.29) is 12.1 Å². The lowest BCUT2D eigenvalue weighted by atomic mass is 9.92. The van der Waals surface area contributed by atoms with Gasteiger partial charge in [-0.15, -0.1) is 0 Å². The van der Waals surface area contributed by atoms with Crippen molar-refractivity contribution < 1.29 is 28.0 Å². The van der Waals surface area contributed by atoms with Crippen LogP contribution in [0.25, 0.3) is 0 Å². The van der Waals surface area contributed by atoms with Crippen LogP contribution in [0.3, 0.4) is 0 Å². The highest BCUT2D eigenvalue weighted by atomic mass is 19.1. The highest BCUT2D eigenvalue weighted by Gasteiger charge is 2.49. The number of benzene rings is 3. The second kappa shape index (κ2) is 9.95. The van der Waals surface area contributed by atoms with E-state index >= 15 is 0 Å². The number of carbonyl (C=O) groups excluding carboxylic acids is 4. The molecule has 0 bridgehead atoms. The Bertz CT molecular complexity index is 1350. The van der Waals surface area contributed by atoms with E-state index < -0.39 is 47.5 Å². The normalized spacial score (nSPS) is 17.0. The molecule has 0 aliphatic carbocycles. The number of halogens is 2. The first kappa shape index (κ1) is 24.5. The van der Waals surface area contributed by atoms with Gasteiger partial charge in [0.15, 0.2) is 0 Å². The number of rotatable bonds is 7. The molecule has 1 heterocycles. The van der Waals surface area contributed by atoms with E-state index in [1.54, 1.807) is 24.3 Å². The lowest BCUT2D eigenvalue weighted by molar-refractivity contribution is -0.134. The van der Waals surface area contributed by atoms with Gasteiger partial charge in [0.05, 0.1) is 0 Å². The minimum atomic E-state index is -1.42. The van der Waals surface area contributed by atoms with Crippen molar-refractivity contribution in [2.75, 3.05) is 11.9 Å². The molecule has 10 heteroatoms. The van der Waals surface area contributed by atoms with E-state index in [0.717, 1.165) is 11.0 Å². The first-order chi connectivity index (χ1) is 17.2. The summed E-state index contributed by atoms with van der Waals surface area (Å²) in [5.74, 6) is -2.69. The molecule has 3 aromatic carbocycles. The van der Waals surface area contributed by atoms with Gasteiger partial charge in [-0.05, 0) is 60.5 Å². The van der Waals surface area contributed by atoms with E-state index in [9.17, 15) is 28.0 Å². The third-order valence-electron chi connectivity index (χ3n) is 5.76. The van der Waals surface area contributed by atoms with Crippen LogP contribution in [0.15, 0.2) is 72.8 Å². The fraction of sp³-hybridized carbons (Fsp3) is 0.154. The molecule has 1 aliphatic rings. The monoisotopic (exact) mass is 492 g/mol. The number of nitrogens with one attached hydrogen (secondary N) is 3. The zero-order valence-electron chi connectivity index (χ0n) is 19.2.